The van der Waals surface area contributed by atoms with Crippen LogP contribution >= 0.6 is 11.6 Å². The Morgan fingerprint density at radius 1 is 1.54 bits per heavy atom. The summed E-state index contributed by atoms with van der Waals surface area (Å²) in [7, 11) is 0. The minimum absolute atomic E-state index is 0.00797. The highest BCUT2D eigenvalue weighted by atomic mass is 35.5. The van der Waals surface area contributed by atoms with Crippen molar-refractivity contribution in [2.24, 2.45) is 10.9 Å². The van der Waals surface area contributed by atoms with Gasteiger partial charge in [-0.25, -0.2) is 0 Å². The number of aliphatic hydroxyl groups is 1. The van der Waals surface area contributed by atoms with Gasteiger partial charge in [0.25, 0.3) is 0 Å². The van der Waals surface area contributed by atoms with E-state index in [2.05, 4.69) is 5.16 Å². The third-order valence-electron chi connectivity index (χ3n) is 1.63. The Labute approximate surface area is 80.2 Å². The van der Waals surface area contributed by atoms with Crippen LogP contribution < -0.4 is 5.73 Å². The molecule has 0 aromatic heterocycles. The fourth-order valence-corrected chi connectivity index (χ4v) is 1.13. The van der Waals surface area contributed by atoms with Crippen LogP contribution in [0.2, 0.25) is 5.02 Å². The number of halogens is 1. The summed E-state index contributed by atoms with van der Waals surface area (Å²) in [6.07, 6.45) is 0. The predicted molar refractivity (Wildman–Crippen MR) is 49.9 cm³/mol. The van der Waals surface area contributed by atoms with Crippen LogP contribution in [0.15, 0.2) is 23.4 Å². The maximum Gasteiger partial charge on any atom is 0.170 e. The number of nitrogens with zero attached hydrogens (tertiary/aromatic N) is 1. The zero-order valence-electron chi connectivity index (χ0n) is 6.74. The molecule has 1 aromatic carbocycles. The lowest BCUT2D eigenvalue weighted by atomic mass is 10.1. The number of amidine groups is 1. The molecule has 0 aliphatic heterocycles. The Hall–Kier alpha value is -1.26. The van der Waals surface area contributed by atoms with Crippen molar-refractivity contribution in [3.8, 4) is 0 Å². The highest BCUT2D eigenvalue weighted by Gasteiger charge is 2.03. The molecule has 0 fully saturated rings. The van der Waals surface area contributed by atoms with Gasteiger partial charge in [-0.3, -0.25) is 0 Å². The van der Waals surface area contributed by atoms with Crippen molar-refractivity contribution >= 4 is 17.4 Å². The highest BCUT2D eigenvalue weighted by molar-refractivity contribution is 6.31. The first kappa shape index (κ1) is 9.83. The minimum atomic E-state index is -0.130. The number of benzene rings is 1. The van der Waals surface area contributed by atoms with Crippen molar-refractivity contribution in [1.82, 2.24) is 0 Å². The molecular formula is C8H9ClN2O2. The third kappa shape index (κ3) is 2.11. The molecule has 0 heterocycles. The Morgan fingerprint density at radius 3 is 2.69 bits per heavy atom. The number of rotatable bonds is 2. The van der Waals surface area contributed by atoms with Crippen LogP contribution in [0.4, 0.5) is 0 Å². The zero-order chi connectivity index (χ0) is 9.84. The summed E-state index contributed by atoms with van der Waals surface area (Å²) >= 11 is 5.78. The van der Waals surface area contributed by atoms with Crippen LogP contribution in [0.5, 0.6) is 0 Å². The molecule has 0 atom stereocenters. The van der Waals surface area contributed by atoms with Gasteiger partial charge in [0.2, 0.25) is 0 Å². The van der Waals surface area contributed by atoms with Crippen LogP contribution in [0, 0.1) is 0 Å². The van der Waals surface area contributed by atoms with E-state index in [0.29, 0.717) is 16.1 Å². The van der Waals surface area contributed by atoms with Gasteiger partial charge in [-0.05, 0) is 11.6 Å². The fraction of sp³-hybridized carbons (Fsp3) is 0.125. The van der Waals surface area contributed by atoms with E-state index in [9.17, 15) is 0 Å². The topological polar surface area (TPSA) is 78.8 Å². The number of hydrogen-bond acceptors (Lipinski definition) is 3. The zero-order valence-corrected chi connectivity index (χ0v) is 7.49. The SMILES string of the molecule is N/C(=N\O)c1ccc(CO)c(Cl)c1. The molecule has 5 heteroatoms. The van der Waals surface area contributed by atoms with E-state index in [1.165, 1.54) is 6.07 Å². The summed E-state index contributed by atoms with van der Waals surface area (Å²) in [6.45, 7) is -0.130. The maximum atomic E-state index is 8.81. The van der Waals surface area contributed by atoms with Crippen molar-refractivity contribution in [3.63, 3.8) is 0 Å². The molecule has 13 heavy (non-hydrogen) atoms. The molecule has 0 aliphatic carbocycles. The Balaban J connectivity index is 3.10. The van der Waals surface area contributed by atoms with Gasteiger partial charge in [0.05, 0.1) is 6.61 Å². The van der Waals surface area contributed by atoms with Crippen molar-refractivity contribution in [2.45, 2.75) is 6.61 Å². The Kier molecular flexibility index (Phi) is 3.11. The van der Waals surface area contributed by atoms with Crippen LogP contribution in [0.3, 0.4) is 0 Å². The number of hydrogen-bond donors (Lipinski definition) is 3. The first-order valence-corrected chi connectivity index (χ1v) is 3.94. The Morgan fingerprint density at radius 2 is 2.23 bits per heavy atom. The molecule has 0 saturated carbocycles. The molecule has 0 radical (unpaired) electrons. The number of oxime groups is 1. The number of nitrogens with two attached hydrogens (primary N) is 1. The van der Waals surface area contributed by atoms with Crippen LogP contribution in [0.25, 0.3) is 0 Å². The molecule has 4 N–H and O–H groups in total. The van der Waals surface area contributed by atoms with Gasteiger partial charge in [-0.15, -0.1) is 0 Å². The highest BCUT2D eigenvalue weighted by Crippen LogP contribution is 2.17. The quantitative estimate of drug-likeness (QED) is 0.288. The van der Waals surface area contributed by atoms with Crippen LogP contribution in [-0.4, -0.2) is 16.1 Å². The Bertz CT molecular complexity index is 339. The second kappa shape index (κ2) is 4.11. The van der Waals surface area contributed by atoms with Crippen molar-refractivity contribution in [3.05, 3.63) is 34.3 Å². The van der Waals surface area contributed by atoms with Crippen molar-refractivity contribution in [2.75, 3.05) is 0 Å². The molecular weight excluding hydrogens is 192 g/mol. The van der Waals surface area contributed by atoms with Crippen molar-refractivity contribution in [1.29, 1.82) is 0 Å². The smallest absolute Gasteiger partial charge is 0.170 e. The fourth-order valence-electron chi connectivity index (χ4n) is 0.893. The average molecular weight is 201 g/mol. The summed E-state index contributed by atoms with van der Waals surface area (Å²) in [5.74, 6) is -0.00797. The molecule has 0 spiro atoms. The second-order valence-electron chi connectivity index (χ2n) is 2.45. The third-order valence-corrected chi connectivity index (χ3v) is 1.98. The average Bonchev–Trinajstić information content (AvgIpc) is 2.16. The molecule has 70 valence electrons. The van der Waals surface area contributed by atoms with E-state index in [0.717, 1.165) is 0 Å². The molecule has 0 saturated heterocycles. The standard InChI is InChI=1S/C8H9ClN2O2/c9-7-3-5(8(10)11-13)1-2-6(7)4-12/h1-3,12-13H,4H2,(H2,10,11). The molecule has 0 aliphatic rings. The molecule has 4 nitrogen and oxygen atoms in total. The lowest BCUT2D eigenvalue weighted by Gasteiger charge is -2.02. The number of aliphatic hydroxyl groups excluding tert-OH is 1. The normalized spacial score (nSPS) is 11.7. The van der Waals surface area contributed by atoms with Crippen LogP contribution in [-0.2, 0) is 6.61 Å². The van der Waals surface area contributed by atoms with E-state index in [1.807, 2.05) is 0 Å². The summed E-state index contributed by atoms with van der Waals surface area (Å²) in [4.78, 5) is 0. The maximum absolute atomic E-state index is 8.81. The molecule has 0 unspecified atom stereocenters. The molecule has 1 rings (SSSR count). The van der Waals surface area contributed by atoms with Gasteiger partial charge >= 0.3 is 0 Å². The summed E-state index contributed by atoms with van der Waals surface area (Å²) in [6, 6.07) is 4.77. The van der Waals surface area contributed by atoms with E-state index in [1.54, 1.807) is 12.1 Å². The van der Waals surface area contributed by atoms with E-state index >= 15 is 0 Å². The molecule has 0 amide bonds. The molecule has 0 bridgehead atoms. The van der Waals surface area contributed by atoms with Gasteiger partial charge in [0, 0.05) is 10.6 Å². The summed E-state index contributed by atoms with van der Waals surface area (Å²) < 4.78 is 0. The van der Waals surface area contributed by atoms with Crippen LogP contribution in [0.1, 0.15) is 11.1 Å². The summed E-state index contributed by atoms with van der Waals surface area (Å²) in [5.41, 5.74) is 6.46. The monoisotopic (exact) mass is 200 g/mol. The first-order chi connectivity index (χ1) is 6.19. The lowest BCUT2D eigenvalue weighted by molar-refractivity contribution is 0.282. The van der Waals surface area contributed by atoms with Gasteiger partial charge in [0.1, 0.15) is 0 Å². The summed E-state index contributed by atoms with van der Waals surface area (Å²) in [5, 5.41) is 20.4. The molecule has 1 aromatic rings. The lowest BCUT2D eigenvalue weighted by Crippen LogP contribution is -2.13. The largest absolute Gasteiger partial charge is 0.409 e. The van der Waals surface area contributed by atoms with Gasteiger partial charge < -0.3 is 16.0 Å². The van der Waals surface area contributed by atoms with Gasteiger partial charge in [0.15, 0.2) is 5.84 Å². The van der Waals surface area contributed by atoms with E-state index in [-0.39, 0.29) is 12.4 Å². The van der Waals surface area contributed by atoms with Gasteiger partial charge in [-0.1, -0.05) is 28.9 Å². The minimum Gasteiger partial charge on any atom is -0.409 e. The van der Waals surface area contributed by atoms with Crippen molar-refractivity contribution < 1.29 is 10.3 Å². The van der Waals surface area contributed by atoms with E-state index in [4.69, 9.17) is 27.6 Å². The van der Waals surface area contributed by atoms with Gasteiger partial charge in [-0.2, -0.15) is 0 Å². The predicted octanol–water partition coefficient (Wildman–Crippen LogP) is 0.927. The van der Waals surface area contributed by atoms with E-state index < -0.39 is 0 Å². The second-order valence-corrected chi connectivity index (χ2v) is 2.86. The first-order valence-electron chi connectivity index (χ1n) is 3.56.